The van der Waals surface area contributed by atoms with Crippen LogP contribution in [0.4, 0.5) is 20.2 Å². The Labute approximate surface area is 120 Å². The van der Waals surface area contributed by atoms with E-state index >= 15 is 0 Å². The van der Waals surface area contributed by atoms with Crippen molar-refractivity contribution < 1.29 is 17.2 Å². The van der Waals surface area contributed by atoms with Gasteiger partial charge in [-0.3, -0.25) is 4.31 Å². The Morgan fingerprint density at radius 3 is 2.62 bits per heavy atom. The second-order valence-electron chi connectivity index (χ2n) is 4.76. The third-order valence-electron chi connectivity index (χ3n) is 3.45. The number of rotatable bonds is 2. The summed E-state index contributed by atoms with van der Waals surface area (Å²) in [4.78, 5) is -0.556. The molecule has 1 aliphatic heterocycles. The maximum absolute atomic E-state index is 13.8. The van der Waals surface area contributed by atoms with E-state index in [0.717, 1.165) is 22.0 Å². The van der Waals surface area contributed by atoms with Crippen molar-refractivity contribution in [2.24, 2.45) is 0 Å². The number of nitrogens with two attached hydrogens (primary N) is 1. The molecule has 0 radical (unpaired) electrons. The van der Waals surface area contributed by atoms with E-state index in [9.17, 15) is 17.2 Å². The highest BCUT2D eigenvalue weighted by Crippen LogP contribution is 2.37. The van der Waals surface area contributed by atoms with Crippen molar-refractivity contribution in [1.82, 2.24) is 0 Å². The van der Waals surface area contributed by atoms with Crippen molar-refractivity contribution in [3.05, 3.63) is 53.6 Å². The standard InChI is InChI=1S/C14H12F2N2O2S/c15-10-4-5-13(11(16)8-10)21(19,20)18-7-6-9-2-1-3-12(17)14(9)18/h1-5,8H,6-7,17H2. The lowest BCUT2D eigenvalue weighted by Crippen LogP contribution is -2.30. The number of anilines is 2. The van der Waals surface area contributed by atoms with Crippen LogP contribution in [-0.2, 0) is 16.4 Å². The number of nitrogen functional groups attached to an aromatic ring is 1. The van der Waals surface area contributed by atoms with Crippen LogP contribution in [0.1, 0.15) is 5.56 Å². The molecule has 2 aromatic carbocycles. The van der Waals surface area contributed by atoms with E-state index in [0.29, 0.717) is 23.9 Å². The average molecular weight is 310 g/mol. The molecule has 0 saturated carbocycles. The maximum atomic E-state index is 13.8. The summed E-state index contributed by atoms with van der Waals surface area (Å²) in [5.74, 6) is -1.94. The van der Waals surface area contributed by atoms with Crippen molar-refractivity contribution in [1.29, 1.82) is 0 Å². The zero-order valence-electron chi connectivity index (χ0n) is 10.9. The molecule has 0 aliphatic carbocycles. The van der Waals surface area contributed by atoms with E-state index < -0.39 is 26.6 Å². The lowest BCUT2D eigenvalue weighted by molar-refractivity contribution is 0.547. The highest BCUT2D eigenvalue weighted by molar-refractivity contribution is 7.92. The molecule has 7 heteroatoms. The second-order valence-corrected chi connectivity index (χ2v) is 6.59. The van der Waals surface area contributed by atoms with Crippen molar-refractivity contribution in [3.8, 4) is 0 Å². The van der Waals surface area contributed by atoms with E-state index in [4.69, 9.17) is 5.73 Å². The highest BCUT2D eigenvalue weighted by atomic mass is 32.2. The number of para-hydroxylation sites is 1. The molecular formula is C14H12F2N2O2S. The molecule has 0 atom stereocenters. The van der Waals surface area contributed by atoms with Gasteiger partial charge in [0.15, 0.2) is 0 Å². The van der Waals surface area contributed by atoms with Gasteiger partial charge in [-0.05, 0) is 30.2 Å². The summed E-state index contributed by atoms with van der Waals surface area (Å²) >= 11 is 0. The molecule has 3 rings (SSSR count). The molecule has 1 aliphatic rings. The van der Waals surface area contributed by atoms with E-state index in [1.54, 1.807) is 18.2 Å². The van der Waals surface area contributed by atoms with Crippen LogP contribution in [0.15, 0.2) is 41.3 Å². The summed E-state index contributed by atoms with van der Waals surface area (Å²) in [6.45, 7) is 0.183. The molecule has 0 amide bonds. The first-order valence-corrected chi connectivity index (χ1v) is 7.70. The first kappa shape index (κ1) is 13.8. The Bertz CT molecular complexity index is 822. The molecule has 0 bridgehead atoms. The normalized spacial score (nSPS) is 14.3. The van der Waals surface area contributed by atoms with Crippen LogP contribution in [0.2, 0.25) is 0 Å². The van der Waals surface area contributed by atoms with E-state index in [-0.39, 0.29) is 6.54 Å². The summed E-state index contributed by atoms with van der Waals surface area (Å²) in [6.07, 6.45) is 0.502. The lowest BCUT2D eigenvalue weighted by atomic mass is 10.1. The Morgan fingerprint density at radius 1 is 1.14 bits per heavy atom. The van der Waals surface area contributed by atoms with Crippen LogP contribution < -0.4 is 10.0 Å². The van der Waals surface area contributed by atoms with Gasteiger partial charge in [-0.2, -0.15) is 0 Å². The van der Waals surface area contributed by atoms with Crippen molar-refractivity contribution in [2.45, 2.75) is 11.3 Å². The van der Waals surface area contributed by atoms with Crippen LogP contribution in [-0.4, -0.2) is 15.0 Å². The molecule has 21 heavy (non-hydrogen) atoms. The van der Waals surface area contributed by atoms with Crippen LogP contribution in [0.25, 0.3) is 0 Å². The van der Waals surface area contributed by atoms with Gasteiger partial charge in [-0.25, -0.2) is 17.2 Å². The van der Waals surface area contributed by atoms with Crippen LogP contribution >= 0.6 is 0 Å². The topological polar surface area (TPSA) is 63.4 Å². The summed E-state index contributed by atoms with van der Waals surface area (Å²) < 4.78 is 53.0. The Balaban J connectivity index is 2.14. The third-order valence-corrected chi connectivity index (χ3v) is 5.28. The number of halogens is 2. The van der Waals surface area contributed by atoms with Gasteiger partial charge in [-0.15, -0.1) is 0 Å². The quantitative estimate of drug-likeness (QED) is 0.866. The fraction of sp³-hybridized carbons (Fsp3) is 0.143. The monoisotopic (exact) mass is 310 g/mol. The summed E-state index contributed by atoms with van der Waals surface area (Å²) in [6, 6.07) is 7.51. The number of hydrogen-bond donors (Lipinski definition) is 1. The Morgan fingerprint density at radius 2 is 1.90 bits per heavy atom. The molecule has 0 saturated heterocycles. The van der Waals surface area contributed by atoms with Gasteiger partial charge >= 0.3 is 0 Å². The number of benzene rings is 2. The molecule has 0 spiro atoms. The minimum atomic E-state index is -4.11. The van der Waals surface area contributed by atoms with Crippen molar-refractivity contribution in [3.63, 3.8) is 0 Å². The molecule has 2 aromatic rings. The third kappa shape index (κ3) is 2.13. The molecular weight excluding hydrogens is 298 g/mol. The van der Waals surface area contributed by atoms with Crippen LogP contribution in [0.5, 0.6) is 0 Å². The zero-order chi connectivity index (χ0) is 15.2. The SMILES string of the molecule is Nc1cccc2c1N(S(=O)(=O)c1ccc(F)cc1F)CC2. The van der Waals surface area contributed by atoms with Crippen molar-refractivity contribution in [2.75, 3.05) is 16.6 Å². The predicted molar refractivity (Wildman–Crippen MR) is 75.4 cm³/mol. The van der Waals surface area contributed by atoms with Gasteiger partial charge in [-0.1, -0.05) is 12.1 Å². The van der Waals surface area contributed by atoms with Gasteiger partial charge in [0, 0.05) is 12.6 Å². The maximum Gasteiger partial charge on any atom is 0.267 e. The van der Waals surface area contributed by atoms with Gasteiger partial charge < -0.3 is 5.73 Å². The summed E-state index contributed by atoms with van der Waals surface area (Å²) in [5, 5.41) is 0. The lowest BCUT2D eigenvalue weighted by Gasteiger charge is -2.21. The van der Waals surface area contributed by atoms with Gasteiger partial charge in [0.2, 0.25) is 0 Å². The largest absolute Gasteiger partial charge is 0.397 e. The molecule has 1 heterocycles. The number of sulfonamides is 1. The van der Waals surface area contributed by atoms with E-state index in [2.05, 4.69) is 0 Å². The molecule has 0 aromatic heterocycles. The molecule has 0 fully saturated rings. The average Bonchev–Trinajstić information content (AvgIpc) is 2.84. The van der Waals surface area contributed by atoms with E-state index in [1.165, 1.54) is 0 Å². The van der Waals surface area contributed by atoms with E-state index in [1.807, 2.05) is 0 Å². The summed E-state index contributed by atoms with van der Waals surface area (Å²) in [7, 11) is -4.11. The number of fused-ring (bicyclic) bond motifs is 1. The Hall–Kier alpha value is -2.15. The van der Waals surface area contributed by atoms with Gasteiger partial charge in [0.25, 0.3) is 10.0 Å². The molecule has 4 nitrogen and oxygen atoms in total. The predicted octanol–water partition coefficient (Wildman–Crippen LogP) is 2.30. The van der Waals surface area contributed by atoms with Gasteiger partial charge in [0.1, 0.15) is 16.5 Å². The van der Waals surface area contributed by atoms with Crippen LogP contribution in [0, 0.1) is 11.6 Å². The first-order valence-electron chi connectivity index (χ1n) is 6.26. The molecule has 0 unspecified atom stereocenters. The minimum Gasteiger partial charge on any atom is -0.397 e. The fourth-order valence-electron chi connectivity index (χ4n) is 2.49. The van der Waals surface area contributed by atoms with Crippen LogP contribution in [0.3, 0.4) is 0 Å². The first-order chi connectivity index (χ1) is 9.91. The smallest absolute Gasteiger partial charge is 0.267 e. The second kappa shape index (κ2) is 4.70. The minimum absolute atomic E-state index is 0.183. The van der Waals surface area contributed by atoms with Crippen molar-refractivity contribution >= 4 is 21.4 Å². The number of hydrogen-bond acceptors (Lipinski definition) is 3. The van der Waals surface area contributed by atoms with Gasteiger partial charge in [0.05, 0.1) is 11.4 Å². The Kier molecular flexibility index (Phi) is 3.09. The fourth-order valence-corrected chi connectivity index (χ4v) is 4.07. The number of nitrogens with zero attached hydrogens (tertiary/aromatic N) is 1. The highest BCUT2D eigenvalue weighted by Gasteiger charge is 2.34. The molecule has 110 valence electrons. The molecule has 2 N–H and O–H groups in total. The zero-order valence-corrected chi connectivity index (χ0v) is 11.7. The summed E-state index contributed by atoms with van der Waals surface area (Å²) in [5.41, 5.74) is 7.32.